The number of benzene rings is 1. The number of hydrogen-bond acceptors (Lipinski definition) is 1. The zero-order valence-electron chi connectivity index (χ0n) is 8.60. The van der Waals surface area contributed by atoms with E-state index in [0.717, 1.165) is 11.1 Å². The van der Waals surface area contributed by atoms with E-state index in [2.05, 4.69) is 20.0 Å². The predicted molar refractivity (Wildman–Crippen MR) is 48.9 cm³/mol. The molecule has 0 unspecified atom stereocenters. The molecule has 0 saturated heterocycles. The SMILES string of the molecule is Cc1ccccc1CO.[C-]#[O+].[C-]#[O+].[C-]#[O+].[Cr+6]. The van der Waals surface area contributed by atoms with Gasteiger partial charge >= 0.3 is 51.3 Å². The second kappa shape index (κ2) is 23.6. The van der Waals surface area contributed by atoms with Crippen molar-refractivity contribution in [3.05, 3.63) is 55.3 Å². The first-order valence-electron chi connectivity index (χ1n) is 3.61. The molecule has 0 aliphatic carbocycles. The van der Waals surface area contributed by atoms with Crippen molar-refractivity contribution < 1.29 is 36.4 Å². The van der Waals surface area contributed by atoms with Crippen LogP contribution in [0.1, 0.15) is 11.1 Å². The Kier molecular flexibility index (Phi) is 35.8. The van der Waals surface area contributed by atoms with Gasteiger partial charge in [-0.1, -0.05) is 24.3 Å². The molecule has 0 radical (unpaired) electrons. The maximum Gasteiger partial charge on any atom is 6.00 e. The normalized spacial score (nSPS) is 5.75. The molecule has 0 aromatic heterocycles. The van der Waals surface area contributed by atoms with Gasteiger partial charge in [0.1, 0.15) is 0 Å². The average Bonchev–Trinajstić information content (AvgIpc) is 2.37. The maximum absolute atomic E-state index is 8.72. The Hall–Kier alpha value is -1.07. The molecule has 0 heterocycles. The summed E-state index contributed by atoms with van der Waals surface area (Å²) in [6.07, 6.45) is 0. The Labute approximate surface area is 106 Å². The average molecular weight is 258 g/mol. The van der Waals surface area contributed by atoms with Gasteiger partial charge in [0.15, 0.2) is 0 Å². The molecule has 0 atom stereocenters. The Balaban J connectivity index is -0.0000000900. The molecule has 1 aromatic carbocycles. The van der Waals surface area contributed by atoms with E-state index >= 15 is 0 Å². The Morgan fingerprint density at radius 2 is 1.38 bits per heavy atom. The predicted octanol–water partition coefficient (Wildman–Crippen LogP) is 1.37. The summed E-state index contributed by atoms with van der Waals surface area (Å²) in [6.45, 7) is 15.6. The second-order valence-electron chi connectivity index (χ2n) is 2.08. The van der Waals surface area contributed by atoms with Gasteiger partial charge in [0.05, 0.1) is 6.61 Å². The minimum atomic E-state index is 0. The van der Waals surface area contributed by atoms with Gasteiger partial charge in [-0.2, -0.15) is 0 Å². The summed E-state index contributed by atoms with van der Waals surface area (Å²) in [4.78, 5) is 0. The molecule has 1 N–H and O–H groups in total. The number of aliphatic hydroxyl groups is 1. The third-order valence-electron chi connectivity index (χ3n) is 1.43. The van der Waals surface area contributed by atoms with Crippen LogP contribution >= 0.6 is 0 Å². The van der Waals surface area contributed by atoms with E-state index in [1.54, 1.807) is 0 Å². The first-order chi connectivity index (χ1) is 7.34. The molecule has 0 aliphatic rings. The van der Waals surface area contributed by atoms with Crippen LogP contribution in [0.4, 0.5) is 0 Å². The standard InChI is InChI=1S/C8H10O.3CO.Cr/c1-7-4-2-3-5-8(7)6-9;3*1-2;/h2-5,9H,6H2,1H3;;;;/q;;;;+6. The molecule has 78 valence electrons. The van der Waals surface area contributed by atoms with Gasteiger partial charge in [0.2, 0.25) is 0 Å². The van der Waals surface area contributed by atoms with Gasteiger partial charge in [-0.25, -0.2) is 0 Å². The zero-order chi connectivity index (χ0) is 12.7. The van der Waals surface area contributed by atoms with E-state index in [9.17, 15) is 0 Å². The van der Waals surface area contributed by atoms with Crippen LogP contribution in [0.3, 0.4) is 0 Å². The third-order valence-corrected chi connectivity index (χ3v) is 1.43. The van der Waals surface area contributed by atoms with Gasteiger partial charge in [-0.15, -0.1) is 0 Å². The Bertz CT molecular complexity index is 290. The van der Waals surface area contributed by atoms with Crippen molar-refractivity contribution in [3.63, 3.8) is 0 Å². The summed E-state index contributed by atoms with van der Waals surface area (Å²) in [5.41, 5.74) is 2.16. The Morgan fingerprint density at radius 3 is 1.62 bits per heavy atom. The summed E-state index contributed by atoms with van der Waals surface area (Å²) in [5, 5.41) is 8.72. The largest absolute Gasteiger partial charge is 6.00 e. The monoisotopic (exact) mass is 258 g/mol. The van der Waals surface area contributed by atoms with E-state index in [0.29, 0.717) is 0 Å². The van der Waals surface area contributed by atoms with Crippen LogP contribution in [-0.2, 0) is 37.9 Å². The second-order valence-corrected chi connectivity index (χ2v) is 2.08. The summed E-state index contributed by atoms with van der Waals surface area (Å²) in [7, 11) is 0. The number of hydrogen-bond donors (Lipinski definition) is 1. The summed E-state index contributed by atoms with van der Waals surface area (Å²) in [5.74, 6) is 0. The Morgan fingerprint density at radius 1 is 1.00 bits per heavy atom. The smallest absolute Gasteiger partial charge is 6.00 e. The van der Waals surface area contributed by atoms with Crippen molar-refractivity contribution in [2.75, 3.05) is 0 Å². The molecule has 0 spiro atoms. The fourth-order valence-corrected chi connectivity index (χ4v) is 0.787. The van der Waals surface area contributed by atoms with Crippen molar-refractivity contribution in [3.8, 4) is 0 Å². The van der Waals surface area contributed by atoms with E-state index in [1.165, 1.54) is 0 Å². The molecule has 0 bridgehead atoms. The van der Waals surface area contributed by atoms with E-state index in [1.807, 2.05) is 31.2 Å². The molecule has 0 amide bonds. The van der Waals surface area contributed by atoms with E-state index in [-0.39, 0.29) is 24.0 Å². The van der Waals surface area contributed by atoms with E-state index < -0.39 is 0 Å². The topological polar surface area (TPSA) is 79.9 Å². The summed E-state index contributed by atoms with van der Waals surface area (Å²) >= 11 is 0. The van der Waals surface area contributed by atoms with Crippen molar-refractivity contribution in [2.24, 2.45) is 0 Å². The molecule has 16 heavy (non-hydrogen) atoms. The molecular formula is C11H10CrO4+6. The fourth-order valence-electron chi connectivity index (χ4n) is 0.787. The number of aliphatic hydroxyl groups excluding tert-OH is 1. The van der Waals surface area contributed by atoms with Gasteiger partial charge < -0.3 is 5.11 Å². The van der Waals surface area contributed by atoms with E-state index in [4.69, 9.17) is 19.1 Å². The molecule has 5 heteroatoms. The maximum atomic E-state index is 8.72. The third kappa shape index (κ3) is 12.9. The van der Waals surface area contributed by atoms with Crippen LogP contribution in [0.5, 0.6) is 0 Å². The molecule has 0 fully saturated rings. The van der Waals surface area contributed by atoms with Gasteiger partial charge in [0, 0.05) is 0 Å². The van der Waals surface area contributed by atoms with Crippen molar-refractivity contribution in [1.29, 1.82) is 0 Å². The van der Waals surface area contributed by atoms with Crippen LogP contribution in [0.25, 0.3) is 0 Å². The molecule has 4 nitrogen and oxygen atoms in total. The van der Waals surface area contributed by atoms with Crippen LogP contribution in [-0.4, -0.2) is 5.11 Å². The molecule has 0 aliphatic heterocycles. The van der Waals surface area contributed by atoms with Gasteiger partial charge in [0.25, 0.3) is 0 Å². The summed E-state index contributed by atoms with van der Waals surface area (Å²) in [6, 6.07) is 7.81. The van der Waals surface area contributed by atoms with Crippen LogP contribution in [0.15, 0.2) is 24.3 Å². The van der Waals surface area contributed by atoms with Crippen molar-refractivity contribution >= 4 is 0 Å². The molecule has 1 rings (SSSR count). The molecular weight excluding hydrogens is 248 g/mol. The van der Waals surface area contributed by atoms with Crippen LogP contribution < -0.4 is 0 Å². The number of aryl methyl sites for hydroxylation is 1. The fraction of sp³-hybridized carbons (Fsp3) is 0.182. The quantitative estimate of drug-likeness (QED) is 0.599. The minimum Gasteiger partial charge on any atom is 6.00 e. The van der Waals surface area contributed by atoms with Gasteiger partial charge in [-0.3, -0.25) is 0 Å². The van der Waals surface area contributed by atoms with Crippen molar-refractivity contribution in [1.82, 2.24) is 0 Å². The van der Waals surface area contributed by atoms with Crippen molar-refractivity contribution in [2.45, 2.75) is 13.5 Å². The number of rotatable bonds is 1. The summed E-state index contributed by atoms with van der Waals surface area (Å²) < 4.78 is 22.5. The minimum absolute atomic E-state index is 0. The molecule has 1 aromatic rings. The van der Waals surface area contributed by atoms with Gasteiger partial charge in [-0.05, 0) is 18.1 Å². The van der Waals surface area contributed by atoms with Crippen LogP contribution in [0, 0.1) is 26.9 Å². The van der Waals surface area contributed by atoms with Crippen LogP contribution in [0.2, 0.25) is 0 Å². The first kappa shape index (κ1) is 24.3. The molecule has 0 saturated carbocycles. The zero-order valence-corrected chi connectivity index (χ0v) is 9.87. The first-order valence-corrected chi connectivity index (χ1v) is 3.61.